The minimum Gasteiger partial charge on any atom is -0.378 e. The van der Waals surface area contributed by atoms with Crippen LogP contribution in [0, 0.1) is 5.92 Å². The number of carbonyl (C=O) groups excluding carboxylic acids is 1. The van der Waals surface area contributed by atoms with Gasteiger partial charge in [-0.3, -0.25) is 4.79 Å². The molecule has 0 bridgehead atoms. The Kier molecular flexibility index (Phi) is 4.22. The third kappa shape index (κ3) is 2.69. The van der Waals surface area contributed by atoms with Crippen LogP contribution in [-0.2, 0) is 9.53 Å². The molecule has 0 radical (unpaired) electrons. The monoisotopic (exact) mass is 185 g/mol. The van der Waals surface area contributed by atoms with E-state index in [1.165, 1.54) is 0 Å². The first-order chi connectivity index (χ1) is 6.29. The number of nitrogens with zero attached hydrogens (tertiary/aromatic N) is 1. The van der Waals surface area contributed by atoms with E-state index in [1.54, 1.807) is 0 Å². The number of morpholine rings is 1. The van der Waals surface area contributed by atoms with E-state index in [0.717, 1.165) is 25.9 Å². The summed E-state index contributed by atoms with van der Waals surface area (Å²) in [7, 11) is 0. The van der Waals surface area contributed by atoms with Gasteiger partial charge in [-0.25, -0.2) is 0 Å². The summed E-state index contributed by atoms with van der Waals surface area (Å²) in [5, 5.41) is 0. The maximum absolute atomic E-state index is 11.8. The number of carbonyl (C=O) groups is 1. The molecule has 1 rings (SSSR count). The summed E-state index contributed by atoms with van der Waals surface area (Å²) < 4.78 is 5.20. The van der Waals surface area contributed by atoms with Crippen LogP contribution in [0.3, 0.4) is 0 Å². The molecule has 1 aliphatic rings. The SMILES string of the molecule is CCC(CC)C(=O)N1CCOCC1. The van der Waals surface area contributed by atoms with E-state index in [9.17, 15) is 4.79 Å². The van der Waals surface area contributed by atoms with Gasteiger partial charge in [0.15, 0.2) is 0 Å². The lowest BCUT2D eigenvalue weighted by Gasteiger charge is -2.29. The third-order valence-corrected chi connectivity index (χ3v) is 2.66. The zero-order valence-electron chi connectivity index (χ0n) is 8.58. The summed E-state index contributed by atoms with van der Waals surface area (Å²) in [6.07, 6.45) is 1.90. The molecule has 1 saturated heterocycles. The second kappa shape index (κ2) is 5.22. The molecule has 3 nitrogen and oxygen atoms in total. The fourth-order valence-corrected chi connectivity index (χ4v) is 1.68. The van der Waals surface area contributed by atoms with Crippen molar-refractivity contribution in [2.45, 2.75) is 26.7 Å². The molecular weight excluding hydrogens is 166 g/mol. The van der Waals surface area contributed by atoms with E-state index < -0.39 is 0 Å². The van der Waals surface area contributed by atoms with Crippen LogP contribution in [0.5, 0.6) is 0 Å². The Morgan fingerprint density at radius 2 is 1.85 bits per heavy atom. The first-order valence-electron chi connectivity index (χ1n) is 5.16. The normalized spacial score (nSPS) is 17.9. The van der Waals surface area contributed by atoms with Crippen molar-refractivity contribution in [2.24, 2.45) is 5.92 Å². The largest absolute Gasteiger partial charge is 0.378 e. The van der Waals surface area contributed by atoms with Gasteiger partial charge < -0.3 is 9.64 Å². The second-order valence-corrected chi connectivity index (χ2v) is 3.45. The third-order valence-electron chi connectivity index (χ3n) is 2.66. The standard InChI is InChI=1S/C10H19NO2/c1-3-9(4-2)10(12)11-5-7-13-8-6-11/h9H,3-8H2,1-2H3. The van der Waals surface area contributed by atoms with Gasteiger partial charge in [-0.05, 0) is 12.8 Å². The van der Waals surface area contributed by atoms with Crippen LogP contribution in [0.25, 0.3) is 0 Å². The van der Waals surface area contributed by atoms with Crippen LogP contribution in [-0.4, -0.2) is 37.1 Å². The molecule has 0 aromatic heterocycles. The molecule has 0 saturated carbocycles. The number of rotatable bonds is 3. The van der Waals surface area contributed by atoms with E-state index >= 15 is 0 Å². The zero-order valence-corrected chi connectivity index (χ0v) is 8.58. The molecule has 13 heavy (non-hydrogen) atoms. The first-order valence-corrected chi connectivity index (χ1v) is 5.16. The first kappa shape index (κ1) is 10.5. The Bertz CT molecular complexity index is 160. The number of ether oxygens (including phenoxy) is 1. The van der Waals surface area contributed by atoms with E-state index in [-0.39, 0.29) is 5.92 Å². The van der Waals surface area contributed by atoms with E-state index in [0.29, 0.717) is 19.1 Å². The van der Waals surface area contributed by atoms with Crippen molar-refractivity contribution in [1.29, 1.82) is 0 Å². The average molecular weight is 185 g/mol. The van der Waals surface area contributed by atoms with Gasteiger partial charge in [0.05, 0.1) is 13.2 Å². The highest BCUT2D eigenvalue weighted by Crippen LogP contribution is 2.12. The van der Waals surface area contributed by atoms with Crippen molar-refractivity contribution in [1.82, 2.24) is 4.90 Å². The fraction of sp³-hybridized carbons (Fsp3) is 0.900. The lowest BCUT2D eigenvalue weighted by molar-refractivity contribution is -0.139. The van der Waals surface area contributed by atoms with Crippen molar-refractivity contribution in [3.63, 3.8) is 0 Å². The lowest BCUT2D eigenvalue weighted by atomic mass is 10.0. The highest BCUT2D eigenvalue weighted by molar-refractivity contribution is 5.78. The Morgan fingerprint density at radius 1 is 1.31 bits per heavy atom. The minimum absolute atomic E-state index is 0.220. The molecule has 0 atom stereocenters. The van der Waals surface area contributed by atoms with Gasteiger partial charge in [-0.2, -0.15) is 0 Å². The summed E-state index contributed by atoms with van der Waals surface area (Å²) >= 11 is 0. The van der Waals surface area contributed by atoms with Gasteiger partial charge in [-0.1, -0.05) is 13.8 Å². The fourth-order valence-electron chi connectivity index (χ4n) is 1.68. The molecule has 1 fully saturated rings. The Balaban J connectivity index is 2.44. The molecule has 76 valence electrons. The van der Waals surface area contributed by atoms with Gasteiger partial charge in [0.2, 0.25) is 5.91 Å². The van der Waals surface area contributed by atoms with E-state index in [2.05, 4.69) is 13.8 Å². The zero-order chi connectivity index (χ0) is 9.68. The summed E-state index contributed by atoms with van der Waals surface area (Å²) in [4.78, 5) is 13.8. The van der Waals surface area contributed by atoms with Crippen molar-refractivity contribution < 1.29 is 9.53 Å². The van der Waals surface area contributed by atoms with Crippen LogP contribution >= 0.6 is 0 Å². The molecular formula is C10H19NO2. The lowest BCUT2D eigenvalue weighted by Crippen LogP contribution is -2.43. The average Bonchev–Trinajstić information content (AvgIpc) is 2.21. The molecule has 0 aromatic rings. The van der Waals surface area contributed by atoms with Crippen molar-refractivity contribution in [3.05, 3.63) is 0 Å². The highest BCUT2D eigenvalue weighted by Gasteiger charge is 2.22. The molecule has 0 aliphatic carbocycles. The van der Waals surface area contributed by atoms with Crippen LogP contribution < -0.4 is 0 Å². The Morgan fingerprint density at radius 3 is 2.31 bits per heavy atom. The molecule has 0 aromatic carbocycles. The van der Waals surface area contributed by atoms with Gasteiger partial charge in [0.1, 0.15) is 0 Å². The topological polar surface area (TPSA) is 29.5 Å². The Labute approximate surface area is 80.1 Å². The Hall–Kier alpha value is -0.570. The van der Waals surface area contributed by atoms with Crippen molar-refractivity contribution >= 4 is 5.91 Å². The van der Waals surface area contributed by atoms with Crippen molar-refractivity contribution in [3.8, 4) is 0 Å². The number of hydrogen-bond acceptors (Lipinski definition) is 2. The molecule has 1 heterocycles. The number of hydrogen-bond donors (Lipinski definition) is 0. The van der Waals surface area contributed by atoms with Crippen LogP contribution in [0.15, 0.2) is 0 Å². The van der Waals surface area contributed by atoms with E-state index in [4.69, 9.17) is 4.74 Å². The maximum atomic E-state index is 11.8. The summed E-state index contributed by atoms with van der Waals surface area (Å²) in [6.45, 7) is 7.10. The van der Waals surface area contributed by atoms with Crippen LogP contribution in [0.4, 0.5) is 0 Å². The molecule has 0 spiro atoms. The molecule has 1 aliphatic heterocycles. The highest BCUT2D eigenvalue weighted by atomic mass is 16.5. The smallest absolute Gasteiger partial charge is 0.225 e. The van der Waals surface area contributed by atoms with Crippen LogP contribution in [0.1, 0.15) is 26.7 Å². The van der Waals surface area contributed by atoms with Gasteiger partial charge in [0, 0.05) is 19.0 Å². The second-order valence-electron chi connectivity index (χ2n) is 3.45. The summed E-state index contributed by atoms with van der Waals surface area (Å²) in [6, 6.07) is 0. The minimum atomic E-state index is 0.220. The van der Waals surface area contributed by atoms with E-state index in [1.807, 2.05) is 4.90 Å². The predicted octanol–water partition coefficient (Wildman–Crippen LogP) is 1.28. The van der Waals surface area contributed by atoms with Crippen molar-refractivity contribution in [2.75, 3.05) is 26.3 Å². The van der Waals surface area contributed by atoms with Gasteiger partial charge >= 0.3 is 0 Å². The predicted molar refractivity (Wildman–Crippen MR) is 51.5 cm³/mol. The number of amides is 1. The quantitative estimate of drug-likeness (QED) is 0.663. The summed E-state index contributed by atoms with van der Waals surface area (Å²) in [5.41, 5.74) is 0. The maximum Gasteiger partial charge on any atom is 0.225 e. The summed E-state index contributed by atoms with van der Waals surface area (Å²) in [5.74, 6) is 0.534. The molecule has 0 unspecified atom stereocenters. The molecule has 1 amide bonds. The molecule has 0 N–H and O–H groups in total. The molecule has 3 heteroatoms. The van der Waals surface area contributed by atoms with Gasteiger partial charge in [0.25, 0.3) is 0 Å². The van der Waals surface area contributed by atoms with Crippen LogP contribution in [0.2, 0.25) is 0 Å². The van der Waals surface area contributed by atoms with Gasteiger partial charge in [-0.15, -0.1) is 0 Å².